The molecule has 5 nitrogen and oxygen atoms in total. The van der Waals surface area contributed by atoms with Gasteiger partial charge in [0, 0.05) is 22.3 Å². The summed E-state index contributed by atoms with van der Waals surface area (Å²) < 4.78 is 7.40. The number of halogens is 1. The minimum atomic E-state index is -0.0136. The Labute approximate surface area is 205 Å². The second-order valence-electron chi connectivity index (χ2n) is 9.00. The van der Waals surface area contributed by atoms with Crippen LogP contribution in [0, 0.1) is 20.8 Å². The number of benzene rings is 3. The molecule has 0 unspecified atom stereocenters. The Bertz CT molecular complexity index is 1330. The lowest BCUT2D eigenvalue weighted by Gasteiger charge is -2.28. The Morgan fingerprint density at radius 3 is 2.26 bits per heavy atom. The molecular weight excluding hydrogens is 446 g/mol. The molecule has 4 rings (SSSR count). The number of carbonyl (C=O) groups is 1. The Morgan fingerprint density at radius 2 is 1.68 bits per heavy atom. The molecular formula is C28H30ClN3O2. The van der Waals surface area contributed by atoms with Crippen LogP contribution < -0.4 is 4.74 Å². The van der Waals surface area contributed by atoms with Gasteiger partial charge in [-0.15, -0.1) is 0 Å². The van der Waals surface area contributed by atoms with Crippen LogP contribution >= 0.6 is 11.6 Å². The van der Waals surface area contributed by atoms with Crippen LogP contribution in [0.1, 0.15) is 46.7 Å². The van der Waals surface area contributed by atoms with Crippen molar-refractivity contribution >= 4 is 28.5 Å². The molecule has 0 aliphatic heterocycles. The fourth-order valence-electron chi connectivity index (χ4n) is 4.53. The molecule has 0 fully saturated rings. The first kappa shape index (κ1) is 23.8. The van der Waals surface area contributed by atoms with Crippen LogP contribution in [0.25, 0.3) is 16.7 Å². The highest BCUT2D eigenvalue weighted by Crippen LogP contribution is 2.28. The minimum Gasteiger partial charge on any atom is -0.497 e. The quantitative estimate of drug-likeness (QED) is 0.313. The number of carbonyl (C=O) groups excluding carboxylic acids is 1. The van der Waals surface area contributed by atoms with Gasteiger partial charge in [0.15, 0.2) is 0 Å². The molecule has 0 saturated carbocycles. The fraction of sp³-hybridized carbons (Fsp3) is 0.286. The number of rotatable bonds is 6. The highest BCUT2D eigenvalue weighted by atomic mass is 35.5. The first-order valence-corrected chi connectivity index (χ1v) is 11.8. The number of ether oxygens (including phenoxy) is 1. The second kappa shape index (κ2) is 9.51. The first-order valence-electron chi connectivity index (χ1n) is 11.4. The van der Waals surface area contributed by atoms with E-state index in [1.165, 1.54) is 0 Å². The molecule has 0 saturated heterocycles. The van der Waals surface area contributed by atoms with Crippen molar-refractivity contribution in [1.82, 2.24) is 14.5 Å². The van der Waals surface area contributed by atoms with Crippen molar-refractivity contribution in [3.63, 3.8) is 0 Å². The standard InChI is InChI=1S/C28H30ClN3O2/c1-17(2)31(28(33)27-19(4)13-18(3)14-20(27)5)16-26-30-24-12-7-21(29)15-25(24)32(26)22-8-10-23(34-6)11-9-22/h7-15,17H,16H2,1-6H3. The summed E-state index contributed by atoms with van der Waals surface area (Å²) in [7, 11) is 1.65. The van der Waals surface area contributed by atoms with Gasteiger partial charge in [0.05, 0.1) is 24.7 Å². The lowest BCUT2D eigenvalue weighted by molar-refractivity contribution is 0.0683. The van der Waals surface area contributed by atoms with Crippen molar-refractivity contribution in [3.8, 4) is 11.4 Å². The highest BCUT2D eigenvalue weighted by molar-refractivity contribution is 6.31. The van der Waals surface area contributed by atoms with E-state index >= 15 is 0 Å². The molecule has 34 heavy (non-hydrogen) atoms. The highest BCUT2D eigenvalue weighted by Gasteiger charge is 2.25. The fourth-order valence-corrected chi connectivity index (χ4v) is 4.69. The third-order valence-corrected chi connectivity index (χ3v) is 6.34. The van der Waals surface area contributed by atoms with Crippen LogP contribution in [-0.4, -0.2) is 33.5 Å². The number of fused-ring (bicyclic) bond motifs is 1. The number of methoxy groups -OCH3 is 1. The van der Waals surface area contributed by atoms with E-state index < -0.39 is 0 Å². The van der Waals surface area contributed by atoms with Gasteiger partial charge in [0.25, 0.3) is 5.91 Å². The largest absolute Gasteiger partial charge is 0.497 e. The molecule has 0 aliphatic rings. The summed E-state index contributed by atoms with van der Waals surface area (Å²) in [5.41, 5.74) is 6.54. The minimum absolute atomic E-state index is 0.0105. The zero-order chi connectivity index (χ0) is 24.6. The molecule has 1 amide bonds. The molecule has 0 N–H and O–H groups in total. The van der Waals surface area contributed by atoms with E-state index in [4.69, 9.17) is 21.3 Å². The summed E-state index contributed by atoms with van der Waals surface area (Å²) in [5.74, 6) is 1.56. The van der Waals surface area contributed by atoms with E-state index in [-0.39, 0.29) is 11.9 Å². The van der Waals surface area contributed by atoms with Crippen molar-refractivity contribution in [2.24, 2.45) is 0 Å². The van der Waals surface area contributed by atoms with E-state index in [2.05, 4.69) is 23.6 Å². The first-order chi connectivity index (χ1) is 16.2. The van der Waals surface area contributed by atoms with Crippen LogP contribution in [0.4, 0.5) is 0 Å². The summed E-state index contributed by atoms with van der Waals surface area (Å²) in [6, 6.07) is 17.6. The molecule has 0 bridgehead atoms. The second-order valence-corrected chi connectivity index (χ2v) is 9.43. The number of aromatic nitrogens is 2. The van der Waals surface area contributed by atoms with E-state index in [0.717, 1.165) is 50.5 Å². The molecule has 0 atom stereocenters. The molecule has 4 aromatic rings. The van der Waals surface area contributed by atoms with Gasteiger partial charge < -0.3 is 9.64 Å². The lowest BCUT2D eigenvalue weighted by atomic mass is 9.98. The molecule has 0 spiro atoms. The Kier molecular flexibility index (Phi) is 6.67. The van der Waals surface area contributed by atoms with Gasteiger partial charge in [-0.05, 0) is 88.2 Å². The number of amides is 1. The van der Waals surface area contributed by atoms with Gasteiger partial charge in [-0.3, -0.25) is 9.36 Å². The van der Waals surface area contributed by atoms with Gasteiger partial charge in [-0.2, -0.15) is 0 Å². The molecule has 176 valence electrons. The zero-order valence-corrected chi connectivity index (χ0v) is 21.3. The monoisotopic (exact) mass is 475 g/mol. The van der Waals surface area contributed by atoms with Crippen LogP contribution in [0.5, 0.6) is 5.75 Å². The van der Waals surface area contributed by atoms with E-state index in [1.54, 1.807) is 7.11 Å². The Balaban J connectivity index is 1.83. The number of imidazole rings is 1. The Morgan fingerprint density at radius 1 is 1.03 bits per heavy atom. The maximum atomic E-state index is 13.8. The van der Waals surface area contributed by atoms with Gasteiger partial charge in [0.2, 0.25) is 0 Å². The summed E-state index contributed by atoms with van der Waals surface area (Å²) in [6.45, 7) is 10.5. The summed E-state index contributed by atoms with van der Waals surface area (Å²) in [5, 5.41) is 0.636. The van der Waals surface area contributed by atoms with E-state index in [1.807, 2.05) is 75.1 Å². The average Bonchev–Trinajstić information content (AvgIpc) is 3.13. The van der Waals surface area contributed by atoms with E-state index in [0.29, 0.717) is 11.6 Å². The van der Waals surface area contributed by atoms with Crippen LogP contribution in [0.3, 0.4) is 0 Å². The van der Waals surface area contributed by atoms with Crippen molar-refractivity contribution in [2.75, 3.05) is 7.11 Å². The normalized spacial score (nSPS) is 11.3. The maximum Gasteiger partial charge on any atom is 0.255 e. The number of hydrogen-bond acceptors (Lipinski definition) is 3. The molecule has 0 aliphatic carbocycles. The summed E-state index contributed by atoms with van der Waals surface area (Å²) in [6.07, 6.45) is 0. The number of hydrogen-bond donors (Lipinski definition) is 0. The van der Waals surface area contributed by atoms with Gasteiger partial charge in [-0.25, -0.2) is 4.98 Å². The van der Waals surface area contributed by atoms with Crippen molar-refractivity contribution in [3.05, 3.63) is 87.7 Å². The smallest absolute Gasteiger partial charge is 0.255 e. The molecule has 1 aromatic heterocycles. The topological polar surface area (TPSA) is 47.4 Å². The number of nitrogens with zero attached hydrogens (tertiary/aromatic N) is 3. The van der Waals surface area contributed by atoms with Gasteiger partial charge >= 0.3 is 0 Å². The van der Waals surface area contributed by atoms with Crippen LogP contribution in [0.2, 0.25) is 5.02 Å². The summed E-state index contributed by atoms with van der Waals surface area (Å²) >= 11 is 6.34. The zero-order valence-electron chi connectivity index (χ0n) is 20.5. The average molecular weight is 476 g/mol. The molecule has 6 heteroatoms. The maximum absolute atomic E-state index is 13.8. The van der Waals surface area contributed by atoms with E-state index in [9.17, 15) is 4.79 Å². The predicted molar refractivity (Wildman–Crippen MR) is 138 cm³/mol. The molecule has 1 heterocycles. The Hall–Kier alpha value is -3.31. The third-order valence-electron chi connectivity index (χ3n) is 6.10. The van der Waals surface area contributed by atoms with Crippen molar-refractivity contribution in [1.29, 1.82) is 0 Å². The lowest BCUT2D eigenvalue weighted by Crippen LogP contribution is -2.38. The van der Waals surface area contributed by atoms with Crippen molar-refractivity contribution in [2.45, 2.75) is 47.2 Å². The SMILES string of the molecule is COc1ccc(-n2c(CN(C(=O)c3c(C)cc(C)cc3C)C(C)C)nc3ccc(Cl)cc32)cc1. The van der Waals surface area contributed by atoms with Crippen molar-refractivity contribution < 1.29 is 9.53 Å². The predicted octanol–water partition coefficient (Wildman–Crippen LogP) is 6.66. The van der Waals surface area contributed by atoms with Gasteiger partial charge in [-0.1, -0.05) is 29.3 Å². The van der Waals surface area contributed by atoms with Crippen LogP contribution in [-0.2, 0) is 6.54 Å². The molecule has 3 aromatic carbocycles. The third kappa shape index (κ3) is 4.53. The number of aryl methyl sites for hydroxylation is 3. The van der Waals surface area contributed by atoms with Gasteiger partial charge in [0.1, 0.15) is 11.6 Å². The van der Waals surface area contributed by atoms with Crippen LogP contribution in [0.15, 0.2) is 54.6 Å². The summed E-state index contributed by atoms with van der Waals surface area (Å²) in [4.78, 5) is 20.6. The molecule has 0 radical (unpaired) electrons.